The van der Waals surface area contributed by atoms with Crippen molar-refractivity contribution in [3.05, 3.63) is 11.8 Å². The Morgan fingerprint density at radius 2 is 2.35 bits per heavy atom. The molecule has 1 fully saturated rings. The lowest BCUT2D eigenvalue weighted by Crippen LogP contribution is -2.31. The molecule has 2 N–H and O–H groups in total. The molecular formula is C12H20N2O3. The minimum atomic E-state index is -0.220. The third-order valence-corrected chi connectivity index (χ3v) is 2.99. The van der Waals surface area contributed by atoms with Crippen LogP contribution < -0.4 is 5.73 Å². The van der Waals surface area contributed by atoms with E-state index in [4.69, 9.17) is 19.7 Å². The van der Waals surface area contributed by atoms with Gasteiger partial charge in [0.25, 0.3) is 0 Å². The zero-order valence-corrected chi connectivity index (χ0v) is 10.4. The highest BCUT2D eigenvalue weighted by atomic mass is 16.7. The first kappa shape index (κ1) is 12.4. The molecule has 0 saturated carbocycles. The molecule has 1 saturated heterocycles. The summed E-state index contributed by atoms with van der Waals surface area (Å²) in [5.74, 6) is 0.335. The van der Waals surface area contributed by atoms with Gasteiger partial charge in [-0.15, -0.1) is 0 Å². The van der Waals surface area contributed by atoms with Crippen LogP contribution in [0.2, 0.25) is 0 Å². The molecule has 1 aliphatic rings. The lowest BCUT2D eigenvalue weighted by molar-refractivity contribution is -0.170. The summed E-state index contributed by atoms with van der Waals surface area (Å²) in [4.78, 5) is 0. The van der Waals surface area contributed by atoms with Crippen molar-refractivity contribution in [2.24, 2.45) is 0 Å². The van der Waals surface area contributed by atoms with Gasteiger partial charge in [-0.2, -0.15) is 0 Å². The van der Waals surface area contributed by atoms with Crippen LogP contribution in [0.1, 0.15) is 38.8 Å². The Morgan fingerprint density at radius 3 is 2.94 bits per heavy atom. The van der Waals surface area contributed by atoms with Crippen molar-refractivity contribution in [2.45, 2.75) is 44.8 Å². The van der Waals surface area contributed by atoms with E-state index in [1.807, 2.05) is 13.8 Å². The second kappa shape index (κ2) is 5.06. The molecule has 2 heterocycles. The van der Waals surface area contributed by atoms with Gasteiger partial charge < -0.3 is 19.7 Å². The van der Waals surface area contributed by atoms with Crippen LogP contribution in [-0.4, -0.2) is 24.7 Å². The smallest absolute Gasteiger partial charge is 0.222 e. The predicted molar refractivity (Wildman–Crippen MR) is 63.5 cm³/mol. The fraction of sp³-hybridized carbons (Fsp3) is 0.750. The van der Waals surface area contributed by atoms with Gasteiger partial charge in [-0.1, -0.05) is 19.0 Å². The van der Waals surface area contributed by atoms with Gasteiger partial charge >= 0.3 is 0 Å². The highest BCUT2D eigenvalue weighted by Crippen LogP contribution is 2.25. The Morgan fingerprint density at radius 1 is 1.53 bits per heavy atom. The first-order chi connectivity index (χ1) is 8.08. The van der Waals surface area contributed by atoms with Crippen molar-refractivity contribution >= 4 is 5.88 Å². The summed E-state index contributed by atoms with van der Waals surface area (Å²) in [6.07, 6.45) is 3.19. The molecule has 0 aliphatic carbocycles. The molecule has 96 valence electrons. The normalized spacial score (nSPS) is 21.6. The molecule has 5 nitrogen and oxygen atoms in total. The Kier molecular flexibility index (Phi) is 3.69. The third-order valence-electron chi connectivity index (χ3n) is 2.99. The maximum Gasteiger partial charge on any atom is 0.222 e. The SMILES string of the molecule is CC(C)(CO[C@@H]1CCCCO1)c1cc(N)on1. The zero-order chi connectivity index (χ0) is 12.3. The number of nitrogens with zero attached hydrogens (tertiary/aromatic N) is 1. The predicted octanol–water partition coefficient (Wildman–Crippen LogP) is 2.08. The molecule has 17 heavy (non-hydrogen) atoms. The van der Waals surface area contributed by atoms with Gasteiger partial charge in [0.15, 0.2) is 6.29 Å². The summed E-state index contributed by atoms with van der Waals surface area (Å²) in [5.41, 5.74) is 6.11. The van der Waals surface area contributed by atoms with Crippen molar-refractivity contribution < 1.29 is 14.0 Å². The van der Waals surface area contributed by atoms with Crippen molar-refractivity contribution in [3.8, 4) is 0 Å². The summed E-state index contributed by atoms with van der Waals surface area (Å²) in [6, 6.07) is 1.74. The van der Waals surface area contributed by atoms with Gasteiger partial charge in [-0.25, -0.2) is 0 Å². The van der Waals surface area contributed by atoms with Gasteiger partial charge in [0.05, 0.1) is 12.3 Å². The zero-order valence-electron chi connectivity index (χ0n) is 10.4. The van der Waals surface area contributed by atoms with Crippen molar-refractivity contribution in [1.82, 2.24) is 5.16 Å². The number of hydrogen-bond acceptors (Lipinski definition) is 5. The van der Waals surface area contributed by atoms with Crippen LogP contribution in [0.15, 0.2) is 10.6 Å². The van der Waals surface area contributed by atoms with E-state index in [9.17, 15) is 0 Å². The molecule has 0 bridgehead atoms. The molecule has 0 amide bonds. The quantitative estimate of drug-likeness (QED) is 0.872. The monoisotopic (exact) mass is 240 g/mol. The molecule has 0 aromatic carbocycles. The molecule has 2 rings (SSSR count). The first-order valence-electron chi connectivity index (χ1n) is 6.04. The van der Waals surface area contributed by atoms with E-state index in [-0.39, 0.29) is 11.7 Å². The molecule has 0 unspecified atom stereocenters. The van der Waals surface area contributed by atoms with Crippen LogP contribution >= 0.6 is 0 Å². The number of rotatable bonds is 4. The molecule has 5 heteroatoms. The number of nitrogens with two attached hydrogens (primary N) is 1. The summed E-state index contributed by atoms with van der Waals surface area (Å²) in [6.45, 7) is 5.44. The van der Waals surface area contributed by atoms with Crippen LogP contribution in [-0.2, 0) is 14.9 Å². The minimum absolute atomic E-state index is 0.0766. The topological polar surface area (TPSA) is 70.5 Å². The summed E-state index contributed by atoms with van der Waals surface area (Å²) < 4.78 is 16.2. The van der Waals surface area contributed by atoms with E-state index < -0.39 is 0 Å². The fourth-order valence-corrected chi connectivity index (χ4v) is 1.83. The summed E-state index contributed by atoms with van der Waals surface area (Å²) in [7, 11) is 0. The third kappa shape index (κ3) is 3.20. The second-order valence-corrected chi connectivity index (χ2v) is 5.11. The van der Waals surface area contributed by atoms with Crippen LogP contribution in [0.3, 0.4) is 0 Å². The van der Waals surface area contributed by atoms with E-state index in [1.54, 1.807) is 6.07 Å². The highest BCUT2D eigenvalue weighted by Gasteiger charge is 2.27. The van der Waals surface area contributed by atoms with Crippen molar-refractivity contribution in [3.63, 3.8) is 0 Å². The average molecular weight is 240 g/mol. The maximum absolute atomic E-state index is 5.77. The fourth-order valence-electron chi connectivity index (χ4n) is 1.83. The summed E-state index contributed by atoms with van der Waals surface area (Å²) in [5, 5.41) is 3.93. The molecule has 1 atom stereocenters. The molecule has 1 aromatic heterocycles. The van der Waals surface area contributed by atoms with Gasteiger partial charge in [-0.3, -0.25) is 0 Å². The second-order valence-electron chi connectivity index (χ2n) is 5.11. The largest absolute Gasteiger partial charge is 0.368 e. The molecular weight excluding hydrogens is 220 g/mol. The van der Waals surface area contributed by atoms with Gasteiger partial charge in [0.1, 0.15) is 0 Å². The average Bonchev–Trinajstić information content (AvgIpc) is 2.76. The van der Waals surface area contributed by atoms with E-state index in [2.05, 4.69) is 5.16 Å². The number of nitrogen functional groups attached to an aromatic ring is 1. The van der Waals surface area contributed by atoms with E-state index in [0.717, 1.165) is 25.1 Å². The lowest BCUT2D eigenvalue weighted by Gasteiger charge is -2.28. The van der Waals surface area contributed by atoms with E-state index >= 15 is 0 Å². The number of ether oxygens (including phenoxy) is 2. The van der Waals surface area contributed by atoms with E-state index in [0.29, 0.717) is 12.5 Å². The molecule has 0 spiro atoms. The Hall–Kier alpha value is -1.07. The number of anilines is 1. The number of hydrogen-bond donors (Lipinski definition) is 1. The lowest BCUT2D eigenvalue weighted by atomic mass is 9.90. The first-order valence-corrected chi connectivity index (χ1v) is 6.04. The Bertz CT molecular complexity index is 356. The van der Waals surface area contributed by atoms with Crippen molar-refractivity contribution in [1.29, 1.82) is 0 Å². The Labute approximate surface area is 101 Å². The summed E-state index contributed by atoms with van der Waals surface area (Å²) >= 11 is 0. The molecule has 1 aromatic rings. The van der Waals surface area contributed by atoms with Crippen LogP contribution in [0.4, 0.5) is 5.88 Å². The van der Waals surface area contributed by atoms with Gasteiger partial charge in [0, 0.05) is 18.1 Å². The van der Waals surface area contributed by atoms with Crippen LogP contribution in [0, 0.1) is 0 Å². The van der Waals surface area contributed by atoms with Crippen LogP contribution in [0.5, 0.6) is 0 Å². The standard InChI is InChI=1S/C12H20N2O3/c1-12(2,9-7-10(13)17-14-9)8-16-11-5-3-4-6-15-11/h7,11H,3-6,8,13H2,1-2H3/t11-/m1/s1. The number of aromatic nitrogens is 1. The van der Waals surface area contributed by atoms with Gasteiger partial charge in [0.2, 0.25) is 5.88 Å². The Balaban J connectivity index is 1.88. The molecule has 1 aliphatic heterocycles. The maximum atomic E-state index is 5.77. The van der Waals surface area contributed by atoms with Crippen LogP contribution in [0.25, 0.3) is 0 Å². The highest BCUT2D eigenvalue weighted by molar-refractivity contribution is 5.28. The van der Waals surface area contributed by atoms with Crippen molar-refractivity contribution in [2.75, 3.05) is 18.9 Å². The van der Waals surface area contributed by atoms with E-state index in [1.165, 1.54) is 6.42 Å². The minimum Gasteiger partial charge on any atom is -0.368 e. The molecule has 0 radical (unpaired) electrons. The van der Waals surface area contributed by atoms with Gasteiger partial charge in [-0.05, 0) is 19.3 Å².